The molecule has 0 radical (unpaired) electrons. The first kappa shape index (κ1) is 16.4. The van der Waals surface area contributed by atoms with Gasteiger partial charge in [-0.15, -0.1) is 0 Å². The van der Waals surface area contributed by atoms with Gasteiger partial charge in [0.1, 0.15) is 25.6 Å². The molecule has 8 nitrogen and oxygen atoms in total. The highest BCUT2D eigenvalue weighted by Crippen LogP contribution is 2.34. The van der Waals surface area contributed by atoms with Crippen LogP contribution in [-0.4, -0.2) is 44.6 Å². The Morgan fingerprint density at radius 1 is 1.24 bits per heavy atom. The zero-order valence-electron chi connectivity index (χ0n) is 13.7. The van der Waals surface area contributed by atoms with Crippen molar-refractivity contribution in [1.82, 2.24) is 9.29 Å². The molecule has 0 fully saturated rings. The van der Waals surface area contributed by atoms with Gasteiger partial charge in [-0.05, 0) is 12.1 Å². The molecule has 0 bridgehead atoms. The van der Waals surface area contributed by atoms with Crippen LogP contribution in [-0.2, 0) is 34.3 Å². The SMILES string of the molecule is COCc1nc2c(o1)CCN(S(=O)(=O)c1ccc3c(c1)OCCO3)C2. The third-order valence-corrected chi connectivity index (χ3v) is 6.00. The number of hydrogen-bond acceptors (Lipinski definition) is 7. The lowest BCUT2D eigenvalue weighted by Gasteiger charge is -2.25. The predicted octanol–water partition coefficient (Wildman–Crippen LogP) is 1.34. The number of ether oxygens (including phenoxy) is 3. The van der Waals surface area contributed by atoms with Crippen LogP contribution in [0.15, 0.2) is 27.5 Å². The number of hydrogen-bond donors (Lipinski definition) is 0. The highest BCUT2D eigenvalue weighted by Gasteiger charge is 2.32. The summed E-state index contributed by atoms with van der Waals surface area (Å²) in [5.74, 6) is 2.20. The molecule has 0 atom stereocenters. The van der Waals surface area contributed by atoms with Gasteiger partial charge in [-0.3, -0.25) is 0 Å². The van der Waals surface area contributed by atoms with Gasteiger partial charge in [0.05, 0.1) is 17.1 Å². The van der Waals surface area contributed by atoms with Gasteiger partial charge in [-0.1, -0.05) is 0 Å². The molecule has 2 aliphatic heterocycles. The highest BCUT2D eigenvalue weighted by molar-refractivity contribution is 7.89. The van der Waals surface area contributed by atoms with E-state index in [1.54, 1.807) is 13.2 Å². The van der Waals surface area contributed by atoms with Crippen LogP contribution in [0.3, 0.4) is 0 Å². The predicted molar refractivity (Wildman–Crippen MR) is 85.9 cm³/mol. The zero-order chi connectivity index (χ0) is 17.4. The molecule has 0 saturated heterocycles. The first-order valence-electron chi connectivity index (χ1n) is 7.94. The maximum Gasteiger partial charge on any atom is 0.243 e. The van der Waals surface area contributed by atoms with E-state index in [-0.39, 0.29) is 18.0 Å². The number of benzene rings is 1. The summed E-state index contributed by atoms with van der Waals surface area (Å²) in [6.45, 7) is 1.65. The van der Waals surface area contributed by atoms with Crippen LogP contribution in [0.5, 0.6) is 11.5 Å². The van der Waals surface area contributed by atoms with Crippen LogP contribution in [0, 0.1) is 0 Å². The van der Waals surface area contributed by atoms with E-state index in [1.165, 1.54) is 16.4 Å². The molecular formula is C16H18N2O6S. The molecule has 2 aliphatic rings. The van der Waals surface area contributed by atoms with Crippen molar-refractivity contribution in [3.05, 3.63) is 35.5 Å². The van der Waals surface area contributed by atoms with E-state index in [4.69, 9.17) is 18.6 Å². The molecule has 0 spiro atoms. The number of methoxy groups -OCH3 is 1. The average molecular weight is 366 g/mol. The van der Waals surface area contributed by atoms with Crippen molar-refractivity contribution in [3.63, 3.8) is 0 Å². The fraction of sp³-hybridized carbons (Fsp3) is 0.438. The van der Waals surface area contributed by atoms with Crippen molar-refractivity contribution >= 4 is 10.0 Å². The number of oxazole rings is 1. The summed E-state index contributed by atoms with van der Waals surface area (Å²) in [6.07, 6.45) is 0.482. The molecule has 1 aromatic carbocycles. The van der Waals surface area contributed by atoms with Gasteiger partial charge in [0.15, 0.2) is 11.5 Å². The summed E-state index contributed by atoms with van der Waals surface area (Å²) < 4.78 is 48.9. The number of sulfonamides is 1. The minimum atomic E-state index is -3.66. The Balaban J connectivity index is 1.60. The number of fused-ring (bicyclic) bond motifs is 2. The van der Waals surface area contributed by atoms with E-state index < -0.39 is 10.0 Å². The minimum Gasteiger partial charge on any atom is -0.486 e. The van der Waals surface area contributed by atoms with Crippen molar-refractivity contribution < 1.29 is 27.0 Å². The summed E-state index contributed by atoms with van der Waals surface area (Å²) in [5, 5.41) is 0. The van der Waals surface area contributed by atoms with Crippen molar-refractivity contribution in [2.75, 3.05) is 26.9 Å². The second-order valence-electron chi connectivity index (χ2n) is 5.80. The third-order valence-electron chi connectivity index (χ3n) is 4.16. The van der Waals surface area contributed by atoms with E-state index in [0.29, 0.717) is 49.3 Å². The van der Waals surface area contributed by atoms with Gasteiger partial charge in [0.2, 0.25) is 15.9 Å². The molecule has 134 valence electrons. The van der Waals surface area contributed by atoms with Crippen LogP contribution in [0.4, 0.5) is 0 Å². The maximum atomic E-state index is 13.0. The first-order chi connectivity index (χ1) is 12.1. The summed E-state index contributed by atoms with van der Waals surface area (Å²) in [6, 6.07) is 4.68. The summed E-state index contributed by atoms with van der Waals surface area (Å²) in [4.78, 5) is 4.51. The molecule has 1 aromatic heterocycles. The van der Waals surface area contributed by atoms with Crippen molar-refractivity contribution in [2.24, 2.45) is 0 Å². The Morgan fingerprint density at radius 2 is 2.04 bits per heavy atom. The van der Waals surface area contributed by atoms with Gasteiger partial charge >= 0.3 is 0 Å². The van der Waals surface area contributed by atoms with E-state index in [1.807, 2.05) is 0 Å². The summed E-state index contributed by atoms with van der Waals surface area (Å²) in [7, 11) is -2.10. The van der Waals surface area contributed by atoms with Crippen molar-refractivity contribution in [2.45, 2.75) is 24.5 Å². The lowest BCUT2D eigenvalue weighted by molar-refractivity contribution is 0.158. The van der Waals surface area contributed by atoms with E-state index >= 15 is 0 Å². The van der Waals surface area contributed by atoms with Crippen molar-refractivity contribution in [1.29, 1.82) is 0 Å². The fourth-order valence-electron chi connectivity index (χ4n) is 2.95. The molecular weight excluding hydrogens is 348 g/mol. The Kier molecular flexibility index (Phi) is 4.14. The molecule has 3 heterocycles. The second-order valence-corrected chi connectivity index (χ2v) is 7.74. The summed E-state index contributed by atoms with van der Waals surface area (Å²) >= 11 is 0. The Morgan fingerprint density at radius 3 is 2.84 bits per heavy atom. The average Bonchev–Trinajstić information content (AvgIpc) is 3.03. The van der Waals surface area contributed by atoms with Crippen LogP contribution in [0.1, 0.15) is 17.3 Å². The Hall–Kier alpha value is -2.10. The molecule has 0 N–H and O–H groups in total. The molecule has 9 heteroatoms. The topological polar surface area (TPSA) is 91.1 Å². The molecule has 0 unspecified atom stereocenters. The second kappa shape index (κ2) is 6.32. The van der Waals surface area contributed by atoms with Gasteiger partial charge in [0, 0.05) is 26.1 Å². The molecule has 0 amide bonds. The van der Waals surface area contributed by atoms with Gasteiger partial charge in [-0.2, -0.15) is 4.31 Å². The van der Waals surface area contributed by atoms with Crippen LogP contribution < -0.4 is 9.47 Å². The number of rotatable bonds is 4. The number of nitrogens with zero attached hydrogens (tertiary/aromatic N) is 2. The van der Waals surface area contributed by atoms with E-state index in [9.17, 15) is 8.42 Å². The molecule has 25 heavy (non-hydrogen) atoms. The quantitative estimate of drug-likeness (QED) is 0.806. The molecule has 2 aromatic rings. The van der Waals surface area contributed by atoms with E-state index in [2.05, 4.69) is 4.98 Å². The first-order valence-corrected chi connectivity index (χ1v) is 9.38. The van der Waals surface area contributed by atoms with Gasteiger partial charge in [-0.25, -0.2) is 13.4 Å². The van der Waals surface area contributed by atoms with Crippen molar-refractivity contribution in [3.8, 4) is 11.5 Å². The lowest BCUT2D eigenvalue weighted by atomic mass is 10.2. The zero-order valence-corrected chi connectivity index (χ0v) is 14.5. The molecule has 0 aliphatic carbocycles. The fourth-order valence-corrected chi connectivity index (χ4v) is 4.37. The summed E-state index contributed by atoms with van der Waals surface area (Å²) in [5.41, 5.74) is 0.638. The van der Waals surface area contributed by atoms with Gasteiger partial charge < -0.3 is 18.6 Å². The maximum absolute atomic E-state index is 13.0. The third kappa shape index (κ3) is 2.99. The van der Waals surface area contributed by atoms with Crippen LogP contribution in [0.2, 0.25) is 0 Å². The Labute approximate surface area is 145 Å². The van der Waals surface area contributed by atoms with Crippen LogP contribution in [0.25, 0.3) is 0 Å². The van der Waals surface area contributed by atoms with Gasteiger partial charge in [0.25, 0.3) is 0 Å². The highest BCUT2D eigenvalue weighted by atomic mass is 32.2. The monoisotopic (exact) mass is 366 g/mol. The van der Waals surface area contributed by atoms with E-state index in [0.717, 1.165) is 5.76 Å². The smallest absolute Gasteiger partial charge is 0.243 e. The normalized spacial score (nSPS) is 17.3. The molecule has 0 saturated carbocycles. The van der Waals surface area contributed by atoms with Crippen LogP contribution >= 0.6 is 0 Å². The number of aromatic nitrogens is 1. The minimum absolute atomic E-state index is 0.180. The largest absolute Gasteiger partial charge is 0.486 e. The standard InChI is InChI=1S/C16H18N2O6S/c1-21-10-16-17-12-9-18(5-4-13(12)24-16)25(19,20)11-2-3-14-15(8-11)23-7-6-22-14/h2-3,8H,4-7,9-10H2,1H3. The Bertz CT molecular complexity index is 892. The lowest BCUT2D eigenvalue weighted by Crippen LogP contribution is -2.35. The molecule has 4 rings (SSSR count).